The number of hydrogen-bond acceptors (Lipinski definition) is 5. The summed E-state index contributed by atoms with van der Waals surface area (Å²) in [7, 11) is 8.39. The first-order chi connectivity index (χ1) is 11.5. The van der Waals surface area contributed by atoms with Crippen molar-refractivity contribution in [1.82, 2.24) is 24.7 Å². The fraction of sp³-hybridized carbons (Fsp3) is 0.611. The highest BCUT2D eigenvalue weighted by Crippen LogP contribution is 2.20. The van der Waals surface area contributed by atoms with E-state index < -0.39 is 0 Å². The Kier molecular flexibility index (Phi) is 7.02. The summed E-state index contributed by atoms with van der Waals surface area (Å²) in [5, 5.41) is 3.49. The van der Waals surface area contributed by atoms with Gasteiger partial charge in [0.05, 0.1) is 11.0 Å². The van der Waals surface area contributed by atoms with E-state index in [1.165, 1.54) is 5.56 Å². The molecule has 0 spiro atoms. The van der Waals surface area contributed by atoms with E-state index in [4.69, 9.17) is 5.73 Å². The number of anilines is 1. The van der Waals surface area contributed by atoms with Gasteiger partial charge in [0.2, 0.25) is 5.95 Å². The summed E-state index contributed by atoms with van der Waals surface area (Å²) < 4.78 is 2.12. The molecule has 0 bridgehead atoms. The van der Waals surface area contributed by atoms with Crippen LogP contribution in [0, 0.1) is 0 Å². The van der Waals surface area contributed by atoms with Crippen molar-refractivity contribution in [2.75, 3.05) is 53.6 Å². The van der Waals surface area contributed by atoms with E-state index in [-0.39, 0.29) is 0 Å². The molecule has 0 atom stereocenters. The molecule has 1 heterocycles. The Morgan fingerprint density at radius 3 is 2.50 bits per heavy atom. The number of benzene rings is 1. The summed E-state index contributed by atoms with van der Waals surface area (Å²) >= 11 is 0. The number of aryl methyl sites for hydroxylation is 1. The lowest BCUT2D eigenvalue weighted by atomic mass is 10.2. The van der Waals surface area contributed by atoms with E-state index in [1.807, 2.05) is 0 Å². The smallest absolute Gasteiger partial charge is 0.201 e. The summed E-state index contributed by atoms with van der Waals surface area (Å²) in [4.78, 5) is 8.93. The molecule has 0 saturated carbocycles. The number of nitrogens with two attached hydrogens (primary N) is 1. The zero-order valence-corrected chi connectivity index (χ0v) is 15.5. The minimum absolute atomic E-state index is 0.611. The fourth-order valence-electron chi connectivity index (χ4n) is 2.84. The molecule has 134 valence electrons. The topological polar surface area (TPSA) is 62.4 Å². The Balaban J connectivity index is 1.93. The number of aromatic nitrogens is 2. The number of imidazole rings is 1. The summed E-state index contributed by atoms with van der Waals surface area (Å²) in [5.74, 6) is 0.611. The highest BCUT2D eigenvalue weighted by molar-refractivity contribution is 5.79. The second kappa shape index (κ2) is 9.01. The van der Waals surface area contributed by atoms with Gasteiger partial charge < -0.3 is 25.4 Å². The maximum atomic E-state index is 6.11. The Bertz CT molecular complexity index is 632. The van der Waals surface area contributed by atoms with Gasteiger partial charge in [0.15, 0.2) is 0 Å². The fourth-order valence-corrected chi connectivity index (χ4v) is 2.84. The van der Waals surface area contributed by atoms with Gasteiger partial charge in [-0.3, -0.25) is 0 Å². The van der Waals surface area contributed by atoms with Crippen LogP contribution in [0.5, 0.6) is 0 Å². The van der Waals surface area contributed by atoms with Crippen LogP contribution >= 0.6 is 0 Å². The first-order valence-corrected chi connectivity index (χ1v) is 8.72. The predicted octanol–water partition coefficient (Wildman–Crippen LogP) is 1.61. The molecular weight excluding hydrogens is 300 g/mol. The Morgan fingerprint density at radius 1 is 1.08 bits per heavy atom. The molecule has 24 heavy (non-hydrogen) atoms. The first-order valence-electron chi connectivity index (χ1n) is 8.72. The van der Waals surface area contributed by atoms with Crippen LogP contribution in [0.15, 0.2) is 18.2 Å². The van der Waals surface area contributed by atoms with Gasteiger partial charge >= 0.3 is 0 Å². The predicted molar refractivity (Wildman–Crippen MR) is 102 cm³/mol. The van der Waals surface area contributed by atoms with Gasteiger partial charge in [-0.25, -0.2) is 4.98 Å². The average Bonchev–Trinajstić information content (AvgIpc) is 2.81. The summed E-state index contributed by atoms with van der Waals surface area (Å²) in [5.41, 5.74) is 9.48. The van der Waals surface area contributed by atoms with Crippen LogP contribution < -0.4 is 11.1 Å². The van der Waals surface area contributed by atoms with Crippen LogP contribution in [0.3, 0.4) is 0 Å². The monoisotopic (exact) mass is 332 g/mol. The SMILES string of the molecule is CN(C)CCCNCc1ccc2c(c1)nc(N)n2CCCN(C)C. The molecule has 6 heteroatoms. The molecule has 0 radical (unpaired) electrons. The van der Waals surface area contributed by atoms with Crippen LogP contribution in [0.4, 0.5) is 5.95 Å². The van der Waals surface area contributed by atoms with Gasteiger partial charge in [0, 0.05) is 13.1 Å². The Labute approximate surface area is 145 Å². The number of nitrogen functional groups attached to an aromatic ring is 1. The highest BCUT2D eigenvalue weighted by atomic mass is 15.2. The van der Waals surface area contributed by atoms with E-state index >= 15 is 0 Å². The van der Waals surface area contributed by atoms with Gasteiger partial charge in [-0.15, -0.1) is 0 Å². The van der Waals surface area contributed by atoms with Gasteiger partial charge in [0.1, 0.15) is 0 Å². The lowest BCUT2D eigenvalue weighted by Crippen LogP contribution is -2.20. The van der Waals surface area contributed by atoms with Crippen molar-refractivity contribution in [2.45, 2.75) is 25.9 Å². The van der Waals surface area contributed by atoms with E-state index in [1.54, 1.807) is 0 Å². The molecule has 0 aliphatic heterocycles. The van der Waals surface area contributed by atoms with Crippen LogP contribution in [-0.2, 0) is 13.1 Å². The van der Waals surface area contributed by atoms with Crippen LogP contribution in [0.25, 0.3) is 11.0 Å². The molecule has 0 amide bonds. The summed E-state index contributed by atoms with van der Waals surface area (Å²) in [6.07, 6.45) is 2.22. The zero-order chi connectivity index (χ0) is 17.5. The number of nitrogens with zero attached hydrogens (tertiary/aromatic N) is 4. The van der Waals surface area contributed by atoms with Gasteiger partial charge in [-0.1, -0.05) is 6.07 Å². The molecule has 0 saturated heterocycles. The second-order valence-corrected chi connectivity index (χ2v) is 6.94. The lowest BCUT2D eigenvalue weighted by molar-refractivity contribution is 0.388. The van der Waals surface area contributed by atoms with Crippen molar-refractivity contribution in [3.63, 3.8) is 0 Å². The number of fused-ring (bicyclic) bond motifs is 1. The maximum Gasteiger partial charge on any atom is 0.201 e. The molecule has 0 fully saturated rings. The number of rotatable bonds is 10. The number of hydrogen-bond donors (Lipinski definition) is 2. The minimum Gasteiger partial charge on any atom is -0.369 e. The van der Waals surface area contributed by atoms with Crippen molar-refractivity contribution < 1.29 is 0 Å². The largest absolute Gasteiger partial charge is 0.369 e. The quantitative estimate of drug-likeness (QED) is 0.647. The molecule has 2 aromatic rings. The summed E-state index contributed by atoms with van der Waals surface area (Å²) in [6.45, 7) is 4.96. The van der Waals surface area contributed by atoms with Crippen molar-refractivity contribution >= 4 is 17.0 Å². The second-order valence-electron chi connectivity index (χ2n) is 6.94. The standard InChI is InChI=1S/C18H32N6/c1-22(2)10-5-9-20-14-15-7-8-17-16(13-15)21-18(19)24(17)12-6-11-23(3)4/h7-8,13,20H,5-6,9-12,14H2,1-4H3,(H2,19,21). The third-order valence-corrected chi connectivity index (χ3v) is 4.12. The maximum absolute atomic E-state index is 6.11. The van der Waals surface area contributed by atoms with Gasteiger partial charge in [-0.2, -0.15) is 0 Å². The minimum atomic E-state index is 0.611. The number of nitrogens with one attached hydrogen (secondary N) is 1. The van der Waals surface area contributed by atoms with Crippen molar-refractivity contribution in [2.24, 2.45) is 0 Å². The Morgan fingerprint density at radius 2 is 1.79 bits per heavy atom. The van der Waals surface area contributed by atoms with Gasteiger partial charge in [0.25, 0.3) is 0 Å². The van der Waals surface area contributed by atoms with Gasteiger partial charge in [-0.05, 0) is 78.4 Å². The van der Waals surface area contributed by atoms with Crippen LogP contribution in [-0.4, -0.2) is 67.2 Å². The Hall–Kier alpha value is -1.63. The molecule has 2 rings (SSSR count). The average molecular weight is 332 g/mol. The first kappa shape index (κ1) is 18.7. The summed E-state index contributed by atoms with van der Waals surface area (Å²) in [6, 6.07) is 6.46. The highest BCUT2D eigenvalue weighted by Gasteiger charge is 2.08. The van der Waals surface area contributed by atoms with Crippen molar-refractivity contribution in [3.8, 4) is 0 Å². The molecule has 1 aromatic carbocycles. The molecule has 0 aliphatic carbocycles. The van der Waals surface area contributed by atoms with Crippen molar-refractivity contribution in [3.05, 3.63) is 23.8 Å². The molecular formula is C18H32N6. The third-order valence-electron chi connectivity index (χ3n) is 4.12. The van der Waals surface area contributed by atoms with Crippen molar-refractivity contribution in [1.29, 1.82) is 0 Å². The third kappa shape index (κ3) is 5.47. The molecule has 0 unspecified atom stereocenters. The molecule has 6 nitrogen and oxygen atoms in total. The van der Waals surface area contributed by atoms with Crippen LogP contribution in [0.1, 0.15) is 18.4 Å². The van der Waals surface area contributed by atoms with E-state index in [0.29, 0.717) is 5.95 Å². The molecule has 0 aliphatic rings. The van der Waals surface area contributed by atoms with Crippen LogP contribution in [0.2, 0.25) is 0 Å². The normalized spacial score (nSPS) is 11.9. The van der Waals surface area contributed by atoms with E-state index in [2.05, 4.69) is 71.1 Å². The molecule has 3 N–H and O–H groups in total. The van der Waals surface area contributed by atoms with E-state index in [9.17, 15) is 0 Å². The molecule has 1 aromatic heterocycles. The zero-order valence-electron chi connectivity index (χ0n) is 15.5. The van der Waals surface area contributed by atoms with E-state index in [0.717, 1.165) is 56.6 Å². The lowest BCUT2D eigenvalue weighted by Gasteiger charge is -2.11.